The number of ether oxygens (including phenoxy) is 2. The van der Waals surface area contributed by atoms with Crippen LogP contribution >= 0.6 is 0 Å². The van der Waals surface area contributed by atoms with E-state index < -0.39 is 0 Å². The topological polar surface area (TPSA) is 76.6 Å². The van der Waals surface area contributed by atoms with Crippen molar-refractivity contribution in [3.63, 3.8) is 0 Å². The molecule has 3 aromatic rings. The molecule has 1 aromatic heterocycles. The van der Waals surface area contributed by atoms with Crippen LogP contribution in [0, 0.1) is 0 Å². The van der Waals surface area contributed by atoms with Crippen molar-refractivity contribution in [2.45, 2.75) is 13.0 Å². The molecule has 7 heteroatoms. The van der Waals surface area contributed by atoms with Crippen LogP contribution < -0.4 is 19.7 Å². The average Bonchev–Trinajstić information content (AvgIpc) is 2.79. The monoisotopic (exact) mass is 390 g/mol. The number of nitrogens with one attached hydrogen (secondary N) is 1. The van der Waals surface area contributed by atoms with E-state index in [0.29, 0.717) is 17.2 Å². The zero-order chi connectivity index (χ0) is 20.2. The summed E-state index contributed by atoms with van der Waals surface area (Å²) < 4.78 is 10.5. The van der Waals surface area contributed by atoms with Gasteiger partial charge in [-0.2, -0.15) is 0 Å². The van der Waals surface area contributed by atoms with Gasteiger partial charge < -0.3 is 19.7 Å². The van der Waals surface area contributed by atoms with Crippen molar-refractivity contribution in [1.82, 2.24) is 10.2 Å². The Hall–Kier alpha value is -3.61. The minimum atomic E-state index is -0.350. The van der Waals surface area contributed by atoms with E-state index in [4.69, 9.17) is 9.47 Å². The van der Waals surface area contributed by atoms with Crippen molar-refractivity contribution in [2.24, 2.45) is 0 Å². The zero-order valence-electron chi connectivity index (χ0n) is 16.4. The molecule has 29 heavy (non-hydrogen) atoms. The lowest BCUT2D eigenvalue weighted by Crippen LogP contribution is -2.31. The maximum Gasteiger partial charge on any atom is 0.276 e. The van der Waals surface area contributed by atoms with Gasteiger partial charge in [-0.15, -0.1) is 10.2 Å². The van der Waals surface area contributed by atoms with Crippen molar-refractivity contribution in [2.75, 3.05) is 31.0 Å². The fourth-order valence-electron chi connectivity index (χ4n) is 3.39. The number of hydrogen-bond acceptors (Lipinski definition) is 6. The first-order valence-electron chi connectivity index (χ1n) is 9.37. The van der Waals surface area contributed by atoms with E-state index in [1.165, 1.54) is 18.2 Å². The van der Waals surface area contributed by atoms with Crippen LogP contribution in [0.25, 0.3) is 0 Å². The third-order valence-corrected chi connectivity index (χ3v) is 4.99. The molecule has 1 N–H and O–H groups in total. The standard InChI is InChI=1S/C22H22N4O3/c1-28-17-7-8-18(20(13-17)29-2)23-22(27)19-9-10-21(25-24-19)26-12-11-15-5-3-4-6-16(15)14-26/h3-10,13H,11-12,14H2,1-2H3,(H,23,27). The number of nitrogens with zero attached hydrogens (tertiary/aromatic N) is 3. The fraction of sp³-hybridized carbons (Fsp3) is 0.227. The summed E-state index contributed by atoms with van der Waals surface area (Å²) in [7, 11) is 3.11. The predicted octanol–water partition coefficient (Wildman–Crippen LogP) is 3.31. The highest BCUT2D eigenvalue weighted by Crippen LogP contribution is 2.29. The van der Waals surface area contributed by atoms with E-state index in [-0.39, 0.29) is 11.6 Å². The lowest BCUT2D eigenvalue weighted by atomic mass is 10.00. The van der Waals surface area contributed by atoms with E-state index in [2.05, 4.69) is 44.7 Å². The smallest absolute Gasteiger partial charge is 0.276 e. The Morgan fingerprint density at radius 1 is 1.00 bits per heavy atom. The maximum absolute atomic E-state index is 12.6. The summed E-state index contributed by atoms with van der Waals surface area (Å²) in [6.45, 7) is 1.67. The Morgan fingerprint density at radius 3 is 2.55 bits per heavy atom. The summed E-state index contributed by atoms with van der Waals surface area (Å²) >= 11 is 0. The first-order valence-corrected chi connectivity index (χ1v) is 9.37. The van der Waals surface area contributed by atoms with E-state index in [1.807, 2.05) is 6.07 Å². The van der Waals surface area contributed by atoms with Gasteiger partial charge in [0.1, 0.15) is 11.5 Å². The van der Waals surface area contributed by atoms with Gasteiger partial charge in [-0.3, -0.25) is 4.79 Å². The number of carbonyl (C=O) groups excluding carboxylic acids is 1. The molecule has 148 valence electrons. The van der Waals surface area contributed by atoms with Crippen molar-refractivity contribution in [1.29, 1.82) is 0 Å². The van der Waals surface area contributed by atoms with Crippen LogP contribution in [0.4, 0.5) is 11.5 Å². The Bertz CT molecular complexity index is 1020. The quantitative estimate of drug-likeness (QED) is 0.720. The third-order valence-electron chi connectivity index (χ3n) is 4.99. The Kier molecular flexibility index (Phi) is 5.29. The molecule has 2 heterocycles. The van der Waals surface area contributed by atoms with Crippen LogP contribution in [-0.2, 0) is 13.0 Å². The molecule has 1 aliphatic heterocycles. The van der Waals surface area contributed by atoms with E-state index in [1.54, 1.807) is 31.4 Å². The molecule has 0 radical (unpaired) electrons. The minimum Gasteiger partial charge on any atom is -0.497 e. The van der Waals surface area contributed by atoms with E-state index >= 15 is 0 Å². The van der Waals surface area contributed by atoms with Gasteiger partial charge in [-0.25, -0.2) is 0 Å². The first kappa shape index (κ1) is 18.7. The van der Waals surface area contributed by atoms with Gasteiger partial charge in [-0.1, -0.05) is 24.3 Å². The van der Waals surface area contributed by atoms with Crippen molar-refractivity contribution in [3.05, 3.63) is 71.4 Å². The number of aromatic nitrogens is 2. The molecule has 0 atom stereocenters. The van der Waals surface area contributed by atoms with Crippen LogP contribution in [0.3, 0.4) is 0 Å². The van der Waals surface area contributed by atoms with Crippen LogP contribution in [0.5, 0.6) is 11.5 Å². The van der Waals surface area contributed by atoms with Gasteiger partial charge in [0, 0.05) is 19.2 Å². The second-order valence-electron chi connectivity index (χ2n) is 6.74. The molecule has 1 aliphatic rings. The molecule has 0 saturated heterocycles. The summed E-state index contributed by atoms with van der Waals surface area (Å²) in [5.74, 6) is 1.57. The van der Waals surface area contributed by atoms with Gasteiger partial charge in [0.25, 0.3) is 5.91 Å². The van der Waals surface area contributed by atoms with E-state index in [9.17, 15) is 4.79 Å². The molecule has 0 fully saturated rings. The van der Waals surface area contributed by atoms with Crippen molar-refractivity contribution < 1.29 is 14.3 Å². The summed E-state index contributed by atoms with van der Waals surface area (Å²) in [5, 5.41) is 11.2. The average molecular weight is 390 g/mol. The zero-order valence-corrected chi connectivity index (χ0v) is 16.4. The molecule has 0 spiro atoms. The highest BCUT2D eigenvalue weighted by atomic mass is 16.5. The summed E-state index contributed by atoms with van der Waals surface area (Å²) in [6.07, 6.45) is 0.970. The van der Waals surface area contributed by atoms with Crippen LogP contribution in [0.1, 0.15) is 21.6 Å². The van der Waals surface area contributed by atoms with Gasteiger partial charge in [0.15, 0.2) is 11.5 Å². The number of amides is 1. The highest BCUT2D eigenvalue weighted by molar-refractivity contribution is 6.03. The van der Waals surface area contributed by atoms with Crippen LogP contribution in [0.15, 0.2) is 54.6 Å². The van der Waals surface area contributed by atoms with Crippen LogP contribution in [0.2, 0.25) is 0 Å². The molecular weight excluding hydrogens is 368 g/mol. The second kappa shape index (κ2) is 8.18. The summed E-state index contributed by atoms with van der Waals surface area (Å²) in [6, 6.07) is 17.1. The molecule has 2 aromatic carbocycles. The Morgan fingerprint density at radius 2 is 1.83 bits per heavy atom. The van der Waals surface area contributed by atoms with E-state index in [0.717, 1.165) is 25.3 Å². The normalized spacial score (nSPS) is 12.8. The number of fused-ring (bicyclic) bond motifs is 1. The summed E-state index contributed by atoms with van der Waals surface area (Å²) in [4.78, 5) is 14.7. The Labute approximate surface area is 169 Å². The number of benzene rings is 2. The Balaban J connectivity index is 1.46. The van der Waals surface area contributed by atoms with Gasteiger partial charge in [0.2, 0.25) is 0 Å². The van der Waals surface area contributed by atoms with Crippen molar-refractivity contribution >= 4 is 17.4 Å². The lowest BCUT2D eigenvalue weighted by Gasteiger charge is -2.29. The third kappa shape index (κ3) is 3.99. The SMILES string of the molecule is COc1ccc(NC(=O)c2ccc(N3CCc4ccccc4C3)nn2)c(OC)c1. The molecule has 0 aliphatic carbocycles. The molecule has 0 bridgehead atoms. The lowest BCUT2D eigenvalue weighted by molar-refractivity contribution is 0.102. The minimum absolute atomic E-state index is 0.240. The highest BCUT2D eigenvalue weighted by Gasteiger charge is 2.18. The molecular formula is C22H22N4O3. The summed E-state index contributed by atoms with van der Waals surface area (Å²) in [5.41, 5.74) is 3.45. The molecule has 1 amide bonds. The largest absolute Gasteiger partial charge is 0.497 e. The second-order valence-corrected chi connectivity index (χ2v) is 6.74. The fourth-order valence-corrected chi connectivity index (χ4v) is 3.39. The van der Waals surface area contributed by atoms with Crippen LogP contribution in [-0.4, -0.2) is 36.9 Å². The first-order chi connectivity index (χ1) is 14.2. The van der Waals surface area contributed by atoms with Gasteiger partial charge in [0.05, 0.1) is 19.9 Å². The van der Waals surface area contributed by atoms with Gasteiger partial charge in [-0.05, 0) is 41.8 Å². The number of carbonyl (C=O) groups is 1. The van der Waals surface area contributed by atoms with Crippen molar-refractivity contribution in [3.8, 4) is 11.5 Å². The number of methoxy groups -OCH3 is 2. The molecule has 7 nitrogen and oxygen atoms in total. The molecule has 0 unspecified atom stereocenters. The maximum atomic E-state index is 12.6. The molecule has 0 saturated carbocycles. The molecule has 4 rings (SSSR count). The number of rotatable bonds is 5. The number of anilines is 2. The van der Waals surface area contributed by atoms with Gasteiger partial charge >= 0.3 is 0 Å². The number of hydrogen-bond donors (Lipinski definition) is 1. The predicted molar refractivity (Wildman–Crippen MR) is 111 cm³/mol.